The average molecular weight is 359 g/mol. The first-order valence-electron chi connectivity index (χ1n) is 9.99. The maximum absolute atomic E-state index is 12.9. The van der Waals surface area contributed by atoms with Crippen LogP contribution in [-0.2, 0) is 4.74 Å². The van der Waals surface area contributed by atoms with Crippen LogP contribution in [0.25, 0.3) is 0 Å². The minimum absolute atomic E-state index is 0.0619. The molecule has 2 aliphatic heterocycles. The Hall–Kier alpha value is -1.73. The summed E-state index contributed by atoms with van der Waals surface area (Å²) in [5, 5.41) is 0. The van der Waals surface area contributed by atoms with Crippen LogP contribution in [0.1, 0.15) is 42.5 Å². The molecule has 2 saturated heterocycles. The van der Waals surface area contributed by atoms with E-state index in [1.54, 1.807) is 12.4 Å². The molecule has 0 spiro atoms. The van der Waals surface area contributed by atoms with Crippen LogP contribution in [0.5, 0.6) is 0 Å². The topological polar surface area (TPSA) is 61.8 Å². The predicted molar refractivity (Wildman–Crippen MR) is 99.4 cm³/mol. The number of morpholine rings is 1. The number of carbonyl (C=O) groups is 1. The first-order chi connectivity index (χ1) is 12.8. The Kier molecular flexibility index (Phi) is 5.65. The standard InChI is InChI=1S/C19H29N5O2/c25-18(16-14-20-19(21-15-16)24-10-12-26-13-11-24)23-7-3-6-22(8-9-23)17-4-1-2-5-17/h14-15,17H,1-13H2. The second-order valence-corrected chi connectivity index (χ2v) is 7.49. The van der Waals surface area contributed by atoms with Crippen LogP contribution in [0, 0.1) is 0 Å². The van der Waals surface area contributed by atoms with E-state index in [1.807, 2.05) is 4.90 Å². The maximum Gasteiger partial charge on any atom is 0.257 e. The fraction of sp³-hybridized carbons (Fsp3) is 0.737. The van der Waals surface area contributed by atoms with E-state index < -0.39 is 0 Å². The molecule has 3 aliphatic rings. The van der Waals surface area contributed by atoms with Crippen molar-refractivity contribution in [1.29, 1.82) is 0 Å². The number of anilines is 1. The normalized spacial score (nSPS) is 23.2. The van der Waals surface area contributed by atoms with Gasteiger partial charge in [-0.1, -0.05) is 12.8 Å². The molecule has 0 aromatic carbocycles. The van der Waals surface area contributed by atoms with Crippen molar-refractivity contribution in [3.8, 4) is 0 Å². The fourth-order valence-electron chi connectivity index (χ4n) is 4.32. The van der Waals surface area contributed by atoms with Crippen molar-refractivity contribution in [3.05, 3.63) is 18.0 Å². The molecular formula is C19H29N5O2. The SMILES string of the molecule is O=C(c1cnc(N2CCOCC2)nc1)N1CCCN(C2CCCC2)CC1. The van der Waals surface area contributed by atoms with Gasteiger partial charge in [-0.05, 0) is 19.3 Å². The number of amides is 1. The summed E-state index contributed by atoms with van der Waals surface area (Å²) in [7, 11) is 0. The molecule has 142 valence electrons. The lowest BCUT2D eigenvalue weighted by Gasteiger charge is -2.27. The Labute approximate surface area is 155 Å². The van der Waals surface area contributed by atoms with Crippen molar-refractivity contribution >= 4 is 11.9 Å². The number of rotatable bonds is 3. The molecule has 7 heteroatoms. The Morgan fingerprint density at radius 1 is 0.923 bits per heavy atom. The highest BCUT2D eigenvalue weighted by Gasteiger charge is 2.26. The predicted octanol–water partition coefficient (Wildman–Crippen LogP) is 1.40. The summed E-state index contributed by atoms with van der Waals surface area (Å²) in [6, 6.07) is 0.737. The molecular weight excluding hydrogens is 330 g/mol. The summed E-state index contributed by atoms with van der Waals surface area (Å²) in [6.45, 7) is 6.75. The summed E-state index contributed by atoms with van der Waals surface area (Å²) in [4.78, 5) is 28.4. The molecule has 0 N–H and O–H groups in total. The average Bonchev–Trinajstić information content (AvgIpc) is 3.13. The molecule has 0 radical (unpaired) electrons. The van der Waals surface area contributed by atoms with E-state index in [-0.39, 0.29) is 5.91 Å². The fourth-order valence-corrected chi connectivity index (χ4v) is 4.32. The summed E-state index contributed by atoms with van der Waals surface area (Å²) < 4.78 is 5.36. The summed E-state index contributed by atoms with van der Waals surface area (Å²) in [5.74, 6) is 0.750. The molecule has 0 atom stereocenters. The van der Waals surface area contributed by atoms with Gasteiger partial charge in [0.25, 0.3) is 5.91 Å². The molecule has 7 nitrogen and oxygen atoms in total. The van der Waals surface area contributed by atoms with Gasteiger partial charge in [-0.15, -0.1) is 0 Å². The lowest BCUT2D eigenvalue weighted by Crippen LogP contribution is -2.39. The molecule has 3 fully saturated rings. The van der Waals surface area contributed by atoms with Gasteiger partial charge >= 0.3 is 0 Å². The van der Waals surface area contributed by atoms with Crippen molar-refractivity contribution in [3.63, 3.8) is 0 Å². The first-order valence-corrected chi connectivity index (χ1v) is 9.99. The highest BCUT2D eigenvalue weighted by Crippen LogP contribution is 2.24. The van der Waals surface area contributed by atoms with Crippen molar-refractivity contribution < 1.29 is 9.53 Å². The number of aromatic nitrogens is 2. The minimum atomic E-state index is 0.0619. The van der Waals surface area contributed by atoms with Gasteiger partial charge in [-0.25, -0.2) is 9.97 Å². The van der Waals surface area contributed by atoms with Crippen LogP contribution in [0.15, 0.2) is 12.4 Å². The summed E-state index contributed by atoms with van der Waals surface area (Å²) in [6.07, 6.45) is 9.78. The van der Waals surface area contributed by atoms with Crippen molar-refractivity contribution in [2.45, 2.75) is 38.1 Å². The van der Waals surface area contributed by atoms with Gasteiger partial charge in [0.1, 0.15) is 0 Å². The molecule has 1 aliphatic carbocycles. The zero-order chi connectivity index (χ0) is 17.8. The van der Waals surface area contributed by atoms with Crippen LogP contribution in [0.4, 0.5) is 5.95 Å². The van der Waals surface area contributed by atoms with Crippen LogP contribution >= 0.6 is 0 Å². The number of nitrogens with zero attached hydrogens (tertiary/aromatic N) is 5. The quantitative estimate of drug-likeness (QED) is 0.813. The van der Waals surface area contributed by atoms with Gasteiger partial charge in [-0.2, -0.15) is 0 Å². The lowest BCUT2D eigenvalue weighted by atomic mass is 10.2. The number of carbonyl (C=O) groups excluding carboxylic acids is 1. The Bertz CT molecular complexity index is 596. The number of hydrogen-bond donors (Lipinski definition) is 0. The monoisotopic (exact) mass is 359 g/mol. The van der Waals surface area contributed by atoms with Gasteiger partial charge in [0.15, 0.2) is 0 Å². The molecule has 1 aromatic heterocycles. The second-order valence-electron chi connectivity index (χ2n) is 7.49. The zero-order valence-corrected chi connectivity index (χ0v) is 15.5. The summed E-state index contributed by atoms with van der Waals surface area (Å²) >= 11 is 0. The molecule has 1 amide bonds. The molecule has 0 unspecified atom stereocenters. The van der Waals surface area contributed by atoms with Crippen molar-refractivity contribution in [2.24, 2.45) is 0 Å². The Morgan fingerprint density at radius 2 is 1.65 bits per heavy atom. The van der Waals surface area contributed by atoms with E-state index >= 15 is 0 Å². The van der Waals surface area contributed by atoms with E-state index in [1.165, 1.54) is 25.7 Å². The van der Waals surface area contributed by atoms with E-state index in [9.17, 15) is 4.79 Å². The molecule has 1 aromatic rings. The van der Waals surface area contributed by atoms with Gasteiger partial charge < -0.3 is 14.5 Å². The zero-order valence-electron chi connectivity index (χ0n) is 15.5. The van der Waals surface area contributed by atoms with Gasteiger partial charge in [-0.3, -0.25) is 9.69 Å². The van der Waals surface area contributed by atoms with Crippen molar-refractivity contribution in [1.82, 2.24) is 19.8 Å². The van der Waals surface area contributed by atoms with Crippen molar-refractivity contribution in [2.75, 3.05) is 57.4 Å². The van der Waals surface area contributed by atoms with Crippen LogP contribution in [-0.4, -0.2) is 84.2 Å². The third kappa shape index (κ3) is 3.99. The minimum Gasteiger partial charge on any atom is -0.378 e. The smallest absolute Gasteiger partial charge is 0.257 e. The van der Waals surface area contributed by atoms with E-state index in [0.717, 1.165) is 51.7 Å². The van der Waals surface area contributed by atoms with E-state index in [0.29, 0.717) is 24.7 Å². The summed E-state index contributed by atoms with van der Waals surface area (Å²) in [5.41, 5.74) is 0.594. The Balaban J connectivity index is 1.36. The highest BCUT2D eigenvalue weighted by atomic mass is 16.5. The third-order valence-corrected chi connectivity index (χ3v) is 5.84. The molecule has 3 heterocycles. The Morgan fingerprint density at radius 3 is 2.38 bits per heavy atom. The first kappa shape index (κ1) is 17.7. The molecule has 1 saturated carbocycles. The third-order valence-electron chi connectivity index (χ3n) is 5.84. The van der Waals surface area contributed by atoms with Crippen LogP contribution in [0.2, 0.25) is 0 Å². The largest absolute Gasteiger partial charge is 0.378 e. The van der Waals surface area contributed by atoms with E-state index in [2.05, 4.69) is 19.8 Å². The maximum atomic E-state index is 12.9. The van der Waals surface area contributed by atoms with Gasteiger partial charge in [0, 0.05) is 57.7 Å². The van der Waals surface area contributed by atoms with Gasteiger partial charge in [0.2, 0.25) is 5.95 Å². The van der Waals surface area contributed by atoms with E-state index in [4.69, 9.17) is 4.74 Å². The number of ether oxygens (including phenoxy) is 1. The van der Waals surface area contributed by atoms with Crippen LogP contribution < -0.4 is 4.90 Å². The lowest BCUT2D eigenvalue weighted by molar-refractivity contribution is 0.0757. The highest BCUT2D eigenvalue weighted by molar-refractivity contribution is 5.93. The van der Waals surface area contributed by atoms with Gasteiger partial charge in [0.05, 0.1) is 18.8 Å². The van der Waals surface area contributed by atoms with Crippen LogP contribution in [0.3, 0.4) is 0 Å². The molecule has 4 rings (SSSR count). The molecule has 0 bridgehead atoms. The molecule has 26 heavy (non-hydrogen) atoms. The second kappa shape index (κ2) is 8.31. The number of hydrogen-bond acceptors (Lipinski definition) is 6.